The number of benzene rings is 2. The number of hydrogen-bond donors (Lipinski definition) is 1. The van der Waals surface area contributed by atoms with Crippen LogP contribution in [-0.2, 0) is 0 Å². The van der Waals surface area contributed by atoms with E-state index in [4.69, 9.17) is 4.74 Å². The maximum atomic E-state index is 11.3. The lowest BCUT2D eigenvalue weighted by molar-refractivity contribution is 0.144. The Kier molecular flexibility index (Phi) is 5.99. The van der Waals surface area contributed by atoms with Crippen molar-refractivity contribution in [1.82, 2.24) is 0 Å². The van der Waals surface area contributed by atoms with Crippen molar-refractivity contribution in [2.24, 2.45) is 0 Å². The molecule has 0 aromatic heterocycles. The van der Waals surface area contributed by atoms with E-state index in [9.17, 15) is 9.90 Å². The Labute approximate surface area is 167 Å². The van der Waals surface area contributed by atoms with Gasteiger partial charge in [0.25, 0.3) is 0 Å². The third-order valence-electron chi connectivity index (χ3n) is 6.57. The Morgan fingerprint density at radius 1 is 0.786 bits per heavy atom. The van der Waals surface area contributed by atoms with Crippen molar-refractivity contribution in [3.05, 3.63) is 53.6 Å². The van der Waals surface area contributed by atoms with Gasteiger partial charge in [-0.2, -0.15) is 0 Å². The smallest absolute Gasteiger partial charge is 0.449 e. The fourth-order valence-electron chi connectivity index (χ4n) is 5.14. The normalized spacial score (nSPS) is 18.7. The molecule has 28 heavy (non-hydrogen) atoms. The topological polar surface area (TPSA) is 46.5 Å². The van der Waals surface area contributed by atoms with E-state index < -0.39 is 6.16 Å². The first kappa shape index (κ1) is 19.0. The molecule has 2 aromatic carbocycles. The molecule has 4 rings (SSSR count). The highest BCUT2D eigenvalue weighted by molar-refractivity contribution is 5.77. The summed E-state index contributed by atoms with van der Waals surface area (Å²) in [5.41, 5.74) is 4.75. The van der Waals surface area contributed by atoms with Crippen molar-refractivity contribution in [2.75, 3.05) is 0 Å². The number of hydrogen-bond acceptors (Lipinski definition) is 2. The summed E-state index contributed by atoms with van der Waals surface area (Å²) in [5.74, 6) is 1.59. The van der Waals surface area contributed by atoms with E-state index in [0.717, 1.165) is 11.1 Å². The average Bonchev–Trinajstić information content (AvgIpc) is 2.75. The van der Waals surface area contributed by atoms with Gasteiger partial charge < -0.3 is 9.84 Å². The van der Waals surface area contributed by atoms with Gasteiger partial charge >= 0.3 is 6.16 Å². The second-order valence-electron chi connectivity index (χ2n) is 8.38. The molecule has 0 unspecified atom stereocenters. The van der Waals surface area contributed by atoms with Crippen LogP contribution in [0.5, 0.6) is 5.75 Å². The Hall–Kier alpha value is -2.29. The Balaban J connectivity index is 1.77. The number of rotatable bonds is 4. The van der Waals surface area contributed by atoms with E-state index in [-0.39, 0.29) is 0 Å². The molecule has 3 heteroatoms. The maximum absolute atomic E-state index is 11.3. The first-order valence-electron chi connectivity index (χ1n) is 10.9. The molecule has 2 saturated carbocycles. The molecule has 0 radical (unpaired) electrons. The van der Waals surface area contributed by atoms with Crippen molar-refractivity contribution >= 4 is 6.16 Å². The number of carboxylic acid groups (broad SMARTS) is 1. The van der Waals surface area contributed by atoms with Crippen LogP contribution < -0.4 is 4.74 Å². The molecular formula is C25H30O3. The second-order valence-corrected chi connectivity index (χ2v) is 8.38. The minimum absolute atomic E-state index is 0.454. The van der Waals surface area contributed by atoms with E-state index >= 15 is 0 Å². The van der Waals surface area contributed by atoms with Crippen molar-refractivity contribution in [1.29, 1.82) is 0 Å². The largest absolute Gasteiger partial charge is 0.511 e. The summed E-state index contributed by atoms with van der Waals surface area (Å²) in [6.07, 6.45) is 11.4. The minimum Gasteiger partial charge on any atom is -0.449 e. The van der Waals surface area contributed by atoms with Crippen LogP contribution in [0.15, 0.2) is 42.5 Å². The molecule has 2 aliphatic carbocycles. The fraction of sp³-hybridized carbons (Fsp3) is 0.480. The third kappa shape index (κ3) is 4.24. The number of ether oxygens (including phenoxy) is 1. The zero-order valence-electron chi connectivity index (χ0n) is 16.5. The predicted octanol–water partition coefficient (Wildman–Crippen LogP) is 7.51. The van der Waals surface area contributed by atoms with E-state index in [1.807, 2.05) is 6.07 Å². The van der Waals surface area contributed by atoms with Gasteiger partial charge in [0.15, 0.2) is 0 Å². The molecule has 3 nitrogen and oxygen atoms in total. The van der Waals surface area contributed by atoms with Gasteiger partial charge in [-0.25, -0.2) is 4.79 Å². The summed E-state index contributed by atoms with van der Waals surface area (Å²) < 4.78 is 5.20. The Morgan fingerprint density at radius 2 is 1.43 bits per heavy atom. The van der Waals surface area contributed by atoms with Crippen molar-refractivity contribution in [3.8, 4) is 16.9 Å². The summed E-state index contributed by atoms with van der Waals surface area (Å²) in [4.78, 5) is 11.3. The third-order valence-corrected chi connectivity index (χ3v) is 6.57. The first-order valence-corrected chi connectivity index (χ1v) is 10.9. The van der Waals surface area contributed by atoms with Gasteiger partial charge in [-0.3, -0.25) is 0 Å². The molecule has 2 fully saturated rings. The van der Waals surface area contributed by atoms with Crippen LogP contribution in [-0.4, -0.2) is 11.3 Å². The van der Waals surface area contributed by atoms with Crippen LogP contribution in [0.2, 0.25) is 0 Å². The molecule has 0 amide bonds. The van der Waals surface area contributed by atoms with E-state index in [1.54, 1.807) is 0 Å². The summed E-state index contributed by atoms with van der Waals surface area (Å²) in [6.45, 7) is 0. The summed E-state index contributed by atoms with van der Waals surface area (Å²) in [6, 6.07) is 14.7. The molecule has 0 atom stereocenters. The van der Waals surface area contributed by atoms with Crippen LogP contribution in [0, 0.1) is 0 Å². The van der Waals surface area contributed by atoms with Crippen molar-refractivity contribution < 1.29 is 14.6 Å². The quantitative estimate of drug-likeness (QED) is 0.442. The maximum Gasteiger partial charge on any atom is 0.511 e. The van der Waals surface area contributed by atoms with Gasteiger partial charge in [-0.1, -0.05) is 68.9 Å². The van der Waals surface area contributed by atoms with Crippen LogP contribution in [0.4, 0.5) is 4.79 Å². The molecule has 0 saturated heterocycles. The zero-order valence-corrected chi connectivity index (χ0v) is 16.5. The van der Waals surface area contributed by atoms with Gasteiger partial charge in [0.2, 0.25) is 0 Å². The van der Waals surface area contributed by atoms with E-state index in [0.29, 0.717) is 17.6 Å². The first-order chi connectivity index (χ1) is 13.7. The van der Waals surface area contributed by atoms with E-state index in [2.05, 4.69) is 36.4 Å². The molecule has 0 spiro atoms. The van der Waals surface area contributed by atoms with E-state index in [1.165, 1.54) is 75.3 Å². The highest BCUT2D eigenvalue weighted by Gasteiger charge is 2.23. The summed E-state index contributed by atoms with van der Waals surface area (Å²) in [5, 5.41) is 9.25. The van der Waals surface area contributed by atoms with Gasteiger partial charge in [0.1, 0.15) is 5.75 Å². The summed E-state index contributed by atoms with van der Waals surface area (Å²) in [7, 11) is 0. The van der Waals surface area contributed by atoms with Crippen LogP contribution in [0.25, 0.3) is 11.1 Å². The monoisotopic (exact) mass is 378 g/mol. The molecular weight excluding hydrogens is 348 g/mol. The van der Waals surface area contributed by atoms with Gasteiger partial charge in [-0.05, 0) is 66.3 Å². The minimum atomic E-state index is -1.25. The second kappa shape index (κ2) is 8.81. The molecule has 0 heterocycles. The highest BCUT2D eigenvalue weighted by Crippen LogP contribution is 2.43. The van der Waals surface area contributed by atoms with Gasteiger partial charge in [-0.15, -0.1) is 0 Å². The van der Waals surface area contributed by atoms with Crippen LogP contribution in [0.3, 0.4) is 0 Å². The van der Waals surface area contributed by atoms with Crippen molar-refractivity contribution in [3.63, 3.8) is 0 Å². The lowest BCUT2D eigenvalue weighted by atomic mass is 9.79. The molecule has 2 aliphatic rings. The molecule has 2 aromatic rings. The SMILES string of the molecule is O=C(O)Oc1ccc(C2CCCCC2)cc1-c1ccccc1C1CCCCC1. The number of carbonyl (C=O) groups is 1. The van der Waals surface area contributed by atoms with Crippen LogP contribution in [0.1, 0.15) is 87.2 Å². The highest BCUT2D eigenvalue weighted by atomic mass is 16.7. The molecule has 0 bridgehead atoms. The molecule has 0 aliphatic heterocycles. The lowest BCUT2D eigenvalue weighted by Crippen LogP contribution is -2.09. The predicted molar refractivity (Wildman–Crippen MR) is 112 cm³/mol. The average molecular weight is 379 g/mol. The fourth-order valence-corrected chi connectivity index (χ4v) is 5.14. The van der Waals surface area contributed by atoms with Crippen LogP contribution >= 0.6 is 0 Å². The Morgan fingerprint density at radius 3 is 2.11 bits per heavy atom. The summed E-state index contributed by atoms with van der Waals surface area (Å²) >= 11 is 0. The van der Waals surface area contributed by atoms with Crippen molar-refractivity contribution in [2.45, 2.75) is 76.0 Å². The zero-order chi connectivity index (χ0) is 19.3. The molecule has 148 valence electrons. The van der Waals surface area contributed by atoms with Gasteiger partial charge in [0.05, 0.1) is 0 Å². The standard InChI is InChI=1S/C25H30O3/c26-25(27)28-24-16-15-20(18-9-3-1-4-10-18)17-23(24)22-14-8-7-13-21(22)19-11-5-2-6-12-19/h7-8,13-19H,1-6,9-12H2,(H,26,27). The van der Waals surface area contributed by atoms with Gasteiger partial charge in [0, 0.05) is 5.56 Å². The Bertz CT molecular complexity index is 814. The molecule has 1 N–H and O–H groups in total. The lowest BCUT2D eigenvalue weighted by Gasteiger charge is -2.26.